The molecular formula is C15H22O4. The number of aliphatic hydroxyl groups excluding tert-OH is 1. The van der Waals surface area contributed by atoms with Gasteiger partial charge in [0.15, 0.2) is 5.78 Å². The van der Waals surface area contributed by atoms with Crippen molar-refractivity contribution in [1.29, 1.82) is 0 Å². The molecule has 0 aliphatic carbocycles. The lowest BCUT2D eigenvalue weighted by Crippen LogP contribution is -2.23. The van der Waals surface area contributed by atoms with Crippen LogP contribution in [0, 0.1) is 5.92 Å². The molecule has 0 radical (unpaired) electrons. The van der Waals surface area contributed by atoms with Crippen LogP contribution in [-0.2, 0) is 9.47 Å². The molecule has 2 atom stereocenters. The van der Waals surface area contributed by atoms with Crippen LogP contribution in [0.1, 0.15) is 23.7 Å². The van der Waals surface area contributed by atoms with Crippen molar-refractivity contribution < 1.29 is 19.4 Å². The van der Waals surface area contributed by atoms with Crippen LogP contribution in [0.4, 0.5) is 0 Å². The molecule has 1 aromatic carbocycles. The first-order chi connectivity index (χ1) is 9.15. The van der Waals surface area contributed by atoms with Crippen molar-refractivity contribution in [3.05, 3.63) is 35.9 Å². The summed E-state index contributed by atoms with van der Waals surface area (Å²) < 4.78 is 10.1. The van der Waals surface area contributed by atoms with Crippen LogP contribution < -0.4 is 0 Å². The van der Waals surface area contributed by atoms with E-state index in [0.717, 1.165) is 0 Å². The minimum absolute atomic E-state index is 0.0524. The molecule has 19 heavy (non-hydrogen) atoms. The number of hydrogen-bond acceptors (Lipinski definition) is 4. The molecule has 1 N–H and O–H groups in total. The Balaban J connectivity index is 2.33. The van der Waals surface area contributed by atoms with Gasteiger partial charge in [-0.2, -0.15) is 0 Å². The molecule has 0 aromatic heterocycles. The van der Waals surface area contributed by atoms with E-state index in [1.54, 1.807) is 19.2 Å². The van der Waals surface area contributed by atoms with Gasteiger partial charge in [0.05, 0.1) is 25.9 Å². The molecule has 0 amide bonds. The van der Waals surface area contributed by atoms with Crippen LogP contribution in [0.3, 0.4) is 0 Å². The molecule has 1 rings (SSSR count). The number of hydrogen-bond donors (Lipinski definition) is 1. The maximum atomic E-state index is 12.1. The van der Waals surface area contributed by atoms with Crippen molar-refractivity contribution in [2.45, 2.75) is 19.4 Å². The van der Waals surface area contributed by atoms with Gasteiger partial charge in [-0.15, -0.1) is 0 Å². The molecule has 0 aliphatic heterocycles. The molecule has 0 spiro atoms. The monoisotopic (exact) mass is 266 g/mol. The van der Waals surface area contributed by atoms with Crippen LogP contribution in [0.2, 0.25) is 0 Å². The largest absolute Gasteiger partial charge is 0.391 e. The second-order valence-corrected chi connectivity index (χ2v) is 4.59. The maximum absolute atomic E-state index is 12.1. The summed E-state index contributed by atoms with van der Waals surface area (Å²) in [5.74, 6) is -0.167. The molecule has 0 fully saturated rings. The van der Waals surface area contributed by atoms with Crippen LogP contribution in [-0.4, -0.2) is 43.9 Å². The number of benzene rings is 1. The molecule has 0 aliphatic rings. The summed E-state index contributed by atoms with van der Waals surface area (Å²) in [6, 6.07) is 9.13. The standard InChI is InChI=1S/C15H22O4/c1-12(10-14(16)11-19-9-8-18-2)15(17)13-6-4-3-5-7-13/h3-7,12,14,16H,8-11H2,1-2H3. The molecule has 0 saturated carbocycles. The number of rotatable bonds is 9. The van der Waals surface area contributed by atoms with E-state index in [1.165, 1.54) is 0 Å². The number of methoxy groups -OCH3 is 1. The second-order valence-electron chi connectivity index (χ2n) is 4.59. The molecule has 0 heterocycles. The van der Waals surface area contributed by atoms with Gasteiger partial charge in [0, 0.05) is 18.6 Å². The highest BCUT2D eigenvalue weighted by atomic mass is 16.5. The zero-order chi connectivity index (χ0) is 14.1. The third-order valence-corrected chi connectivity index (χ3v) is 2.87. The summed E-state index contributed by atoms with van der Waals surface area (Å²) in [6.07, 6.45) is -0.222. The Morgan fingerprint density at radius 3 is 2.58 bits per heavy atom. The SMILES string of the molecule is COCCOCC(O)CC(C)C(=O)c1ccccc1. The van der Waals surface area contributed by atoms with E-state index in [-0.39, 0.29) is 18.3 Å². The molecule has 4 nitrogen and oxygen atoms in total. The number of ether oxygens (including phenoxy) is 2. The molecule has 0 bridgehead atoms. The third-order valence-electron chi connectivity index (χ3n) is 2.87. The normalized spacial score (nSPS) is 14.1. The number of ketones is 1. The minimum atomic E-state index is -0.625. The average Bonchev–Trinajstić information content (AvgIpc) is 2.43. The molecule has 1 aromatic rings. The van der Waals surface area contributed by atoms with E-state index < -0.39 is 6.10 Å². The zero-order valence-corrected chi connectivity index (χ0v) is 11.5. The van der Waals surface area contributed by atoms with Gasteiger partial charge in [-0.25, -0.2) is 0 Å². The van der Waals surface area contributed by atoms with Crippen LogP contribution >= 0.6 is 0 Å². The Kier molecular flexibility index (Phi) is 7.33. The number of aliphatic hydroxyl groups is 1. The van der Waals surface area contributed by atoms with E-state index in [9.17, 15) is 9.90 Å². The van der Waals surface area contributed by atoms with E-state index in [2.05, 4.69) is 0 Å². The fourth-order valence-corrected chi connectivity index (χ4v) is 1.83. The topological polar surface area (TPSA) is 55.8 Å². The van der Waals surface area contributed by atoms with Crippen molar-refractivity contribution in [2.75, 3.05) is 26.9 Å². The average molecular weight is 266 g/mol. The van der Waals surface area contributed by atoms with E-state index >= 15 is 0 Å². The summed E-state index contributed by atoms with van der Waals surface area (Å²) in [5.41, 5.74) is 0.683. The molecule has 4 heteroatoms. The summed E-state index contributed by atoms with van der Waals surface area (Å²) in [6.45, 7) is 3.02. The lowest BCUT2D eigenvalue weighted by atomic mass is 9.94. The number of Topliss-reactive ketones (excluding diaryl/α,β-unsaturated/α-hetero) is 1. The predicted octanol–water partition coefficient (Wildman–Crippen LogP) is 1.92. The zero-order valence-electron chi connectivity index (χ0n) is 11.5. The summed E-state index contributed by atoms with van der Waals surface area (Å²) in [7, 11) is 1.60. The van der Waals surface area contributed by atoms with Crippen LogP contribution in [0.25, 0.3) is 0 Å². The van der Waals surface area contributed by atoms with Crippen molar-refractivity contribution in [3.8, 4) is 0 Å². The van der Waals surface area contributed by atoms with E-state index in [4.69, 9.17) is 9.47 Å². The van der Waals surface area contributed by atoms with Gasteiger partial charge in [0.25, 0.3) is 0 Å². The van der Waals surface area contributed by atoms with Crippen molar-refractivity contribution in [3.63, 3.8) is 0 Å². The van der Waals surface area contributed by atoms with Crippen molar-refractivity contribution >= 4 is 5.78 Å². The number of carbonyl (C=O) groups is 1. The summed E-state index contributed by atoms with van der Waals surface area (Å²) >= 11 is 0. The first-order valence-electron chi connectivity index (χ1n) is 6.49. The fraction of sp³-hybridized carbons (Fsp3) is 0.533. The van der Waals surface area contributed by atoms with Gasteiger partial charge in [-0.05, 0) is 6.42 Å². The lowest BCUT2D eigenvalue weighted by molar-refractivity contribution is 0.00573. The smallest absolute Gasteiger partial charge is 0.165 e. The van der Waals surface area contributed by atoms with Gasteiger partial charge in [-0.3, -0.25) is 4.79 Å². The van der Waals surface area contributed by atoms with Crippen LogP contribution in [0.15, 0.2) is 30.3 Å². The highest BCUT2D eigenvalue weighted by Crippen LogP contribution is 2.14. The lowest BCUT2D eigenvalue weighted by Gasteiger charge is -2.15. The molecule has 106 valence electrons. The van der Waals surface area contributed by atoms with Gasteiger partial charge in [-0.1, -0.05) is 37.3 Å². The fourth-order valence-electron chi connectivity index (χ4n) is 1.83. The Hall–Kier alpha value is -1.23. The molecular weight excluding hydrogens is 244 g/mol. The van der Waals surface area contributed by atoms with Gasteiger partial charge in [0.2, 0.25) is 0 Å². The van der Waals surface area contributed by atoms with Gasteiger partial charge < -0.3 is 14.6 Å². The predicted molar refractivity (Wildman–Crippen MR) is 73.3 cm³/mol. The third kappa shape index (κ3) is 5.96. The Bertz CT molecular complexity index is 364. The van der Waals surface area contributed by atoms with Gasteiger partial charge in [0.1, 0.15) is 0 Å². The highest BCUT2D eigenvalue weighted by molar-refractivity contribution is 5.97. The van der Waals surface area contributed by atoms with Crippen molar-refractivity contribution in [2.24, 2.45) is 5.92 Å². The minimum Gasteiger partial charge on any atom is -0.391 e. The van der Waals surface area contributed by atoms with E-state index in [0.29, 0.717) is 25.2 Å². The Labute approximate surface area is 114 Å². The first-order valence-corrected chi connectivity index (χ1v) is 6.49. The second kappa shape index (κ2) is 8.80. The van der Waals surface area contributed by atoms with Crippen LogP contribution in [0.5, 0.6) is 0 Å². The quantitative estimate of drug-likeness (QED) is 0.548. The number of carbonyl (C=O) groups excluding carboxylic acids is 1. The maximum Gasteiger partial charge on any atom is 0.165 e. The summed E-state index contributed by atoms with van der Waals surface area (Å²) in [4.78, 5) is 12.1. The summed E-state index contributed by atoms with van der Waals surface area (Å²) in [5, 5.41) is 9.80. The van der Waals surface area contributed by atoms with E-state index in [1.807, 2.05) is 25.1 Å². The Morgan fingerprint density at radius 1 is 1.26 bits per heavy atom. The molecule has 2 unspecified atom stereocenters. The van der Waals surface area contributed by atoms with Gasteiger partial charge >= 0.3 is 0 Å². The highest BCUT2D eigenvalue weighted by Gasteiger charge is 2.18. The first kappa shape index (κ1) is 15.8. The molecule has 0 saturated heterocycles. The van der Waals surface area contributed by atoms with Crippen molar-refractivity contribution in [1.82, 2.24) is 0 Å². The Morgan fingerprint density at radius 2 is 1.95 bits per heavy atom.